The van der Waals surface area contributed by atoms with Gasteiger partial charge in [0.15, 0.2) is 0 Å². The fourth-order valence-corrected chi connectivity index (χ4v) is 4.18. The lowest BCUT2D eigenvalue weighted by atomic mass is 9.94. The number of ether oxygens (including phenoxy) is 1. The molecule has 1 aliphatic rings. The largest absolute Gasteiger partial charge is 0.522 e. The van der Waals surface area contributed by atoms with Crippen LogP contribution in [0, 0.1) is 0 Å². The van der Waals surface area contributed by atoms with Gasteiger partial charge in [-0.1, -0.05) is 18.2 Å². The van der Waals surface area contributed by atoms with E-state index in [0.29, 0.717) is 36.5 Å². The van der Waals surface area contributed by atoms with Crippen molar-refractivity contribution < 1.29 is 17.9 Å². The highest BCUT2D eigenvalue weighted by Gasteiger charge is 2.37. The zero-order chi connectivity index (χ0) is 22.2. The summed E-state index contributed by atoms with van der Waals surface area (Å²) < 4.78 is 43.8. The predicted molar refractivity (Wildman–Crippen MR) is 111 cm³/mol. The Labute approximate surface area is 178 Å². The van der Waals surface area contributed by atoms with Crippen molar-refractivity contribution in [3.63, 3.8) is 0 Å². The third kappa shape index (κ3) is 4.71. The van der Waals surface area contributed by atoms with E-state index in [4.69, 9.17) is 5.73 Å². The number of halogens is 3. The second kappa shape index (κ2) is 8.30. The molecule has 1 aliphatic carbocycles. The topological polar surface area (TPSA) is 78.9 Å². The average molecular weight is 431 g/mol. The molecule has 0 amide bonds. The Hall–Kier alpha value is -2.94. The molecule has 4 rings (SSSR count). The van der Waals surface area contributed by atoms with Gasteiger partial charge in [0.05, 0.1) is 23.7 Å². The zero-order valence-corrected chi connectivity index (χ0v) is 17.3. The van der Waals surface area contributed by atoms with Gasteiger partial charge in [-0.25, -0.2) is 4.98 Å². The molecule has 2 aromatic heterocycles. The molecule has 0 radical (unpaired) electrons. The normalized spacial score (nSPS) is 19.3. The smallest absolute Gasteiger partial charge is 0.382 e. The molecule has 3 aromatic rings. The van der Waals surface area contributed by atoms with Crippen LogP contribution < -0.4 is 5.73 Å². The minimum atomic E-state index is -4.60. The molecule has 6 nitrogen and oxygen atoms in total. The molecule has 2 heterocycles. The van der Waals surface area contributed by atoms with Gasteiger partial charge in [0.1, 0.15) is 11.5 Å². The first-order chi connectivity index (χ1) is 14.7. The molecule has 1 unspecified atom stereocenters. The second-order valence-corrected chi connectivity index (χ2v) is 8.07. The van der Waals surface area contributed by atoms with Gasteiger partial charge in [-0.05, 0) is 56.7 Å². The first-order valence-electron chi connectivity index (χ1n) is 10.2. The molecule has 1 fully saturated rings. The van der Waals surface area contributed by atoms with E-state index < -0.39 is 12.5 Å². The lowest BCUT2D eigenvalue weighted by Crippen LogP contribution is -2.21. The van der Waals surface area contributed by atoms with Crippen LogP contribution in [0.25, 0.3) is 22.6 Å². The van der Waals surface area contributed by atoms with Crippen molar-refractivity contribution in [2.75, 3.05) is 5.73 Å². The summed E-state index contributed by atoms with van der Waals surface area (Å²) in [6.07, 6.45) is -0.830. The highest BCUT2D eigenvalue weighted by atomic mass is 19.4. The average Bonchev–Trinajstić information content (AvgIpc) is 3.36. The maximum absolute atomic E-state index is 12.6. The molecule has 1 saturated carbocycles. The number of aromatic nitrogens is 4. The number of hydrogen-bond acceptors (Lipinski definition) is 5. The summed E-state index contributed by atoms with van der Waals surface area (Å²) in [7, 11) is 0. The van der Waals surface area contributed by atoms with Crippen LogP contribution in [0.3, 0.4) is 0 Å². The van der Waals surface area contributed by atoms with Gasteiger partial charge in [-0.3, -0.25) is 14.4 Å². The van der Waals surface area contributed by atoms with E-state index in [1.165, 1.54) is 6.20 Å². The Bertz CT molecular complexity index is 1060. The van der Waals surface area contributed by atoms with Crippen LogP contribution >= 0.6 is 0 Å². The molecule has 1 aromatic carbocycles. The van der Waals surface area contributed by atoms with Crippen molar-refractivity contribution in [1.82, 2.24) is 19.7 Å². The molecule has 164 valence electrons. The van der Waals surface area contributed by atoms with Crippen LogP contribution in [0.15, 0.2) is 42.7 Å². The van der Waals surface area contributed by atoms with E-state index >= 15 is 0 Å². The van der Waals surface area contributed by atoms with Crippen LogP contribution in [0.1, 0.15) is 50.6 Å². The van der Waals surface area contributed by atoms with E-state index in [0.717, 1.165) is 16.8 Å². The van der Waals surface area contributed by atoms with E-state index in [9.17, 15) is 13.2 Å². The Morgan fingerprint density at radius 3 is 2.71 bits per heavy atom. The number of anilines is 1. The monoisotopic (exact) mass is 431 g/mol. The zero-order valence-electron chi connectivity index (χ0n) is 17.3. The van der Waals surface area contributed by atoms with Crippen LogP contribution in [-0.4, -0.2) is 32.2 Å². The van der Waals surface area contributed by atoms with Crippen LogP contribution in [0.2, 0.25) is 0 Å². The fraction of sp³-hybridized carbons (Fsp3) is 0.409. The van der Waals surface area contributed by atoms with Gasteiger partial charge in [-0.2, -0.15) is 5.10 Å². The van der Waals surface area contributed by atoms with Crippen molar-refractivity contribution in [3.05, 3.63) is 48.3 Å². The summed E-state index contributed by atoms with van der Waals surface area (Å²) in [5, 5.41) is 4.38. The van der Waals surface area contributed by atoms with Gasteiger partial charge in [-0.15, -0.1) is 13.2 Å². The van der Waals surface area contributed by atoms with E-state index in [2.05, 4.69) is 19.8 Å². The SMILES string of the molecule is CC(C)n1nccc1-c1nc(N)cnc1-c1cccc([C@@H]2CCC(OC(F)(F)F)C2)c1. The van der Waals surface area contributed by atoms with Crippen molar-refractivity contribution in [2.45, 2.75) is 57.5 Å². The number of nitrogens with zero attached hydrogens (tertiary/aromatic N) is 4. The molecule has 0 aliphatic heterocycles. The number of alkyl halides is 3. The molecular formula is C22H24F3N5O. The summed E-state index contributed by atoms with van der Waals surface area (Å²) in [5.41, 5.74) is 9.79. The Kier molecular flexibility index (Phi) is 5.70. The van der Waals surface area contributed by atoms with Crippen LogP contribution in [-0.2, 0) is 4.74 Å². The standard InChI is InChI=1S/C22H24F3N5O/c1-13(2)30-18(8-9-28-30)21-20(27-12-19(26)29-21)16-5-3-4-14(10-16)15-6-7-17(11-15)31-22(23,24)25/h3-5,8-10,12-13,15,17H,6-7,11H2,1-2H3,(H2,26,29)/t15-,17?/m1/s1. The number of hydrogen-bond donors (Lipinski definition) is 1. The summed E-state index contributed by atoms with van der Waals surface area (Å²) >= 11 is 0. The van der Waals surface area contributed by atoms with Gasteiger partial charge in [0.25, 0.3) is 0 Å². The molecule has 9 heteroatoms. The van der Waals surface area contributed by atoms with E-state index in [-0.39, 0.29) is 12.0 Å². The molecule has 0 saturated heterocycles. The predicted octanol–water partition coefficient (Wildman–Crippen LogP) is 5.34. The van der Waals surface area contributed by atoms with Gasteiger partial charge in [0.2, 0.25) is 0 Å². The van der Waals surface area contributed by atoms with Crippen molar-refractivity contribution in [3.8, 4) is 22.6 Å². The number of nitrogen functional groups attached to an aromatic ring is 1. The highest BCUT2D eigenvalue weighted by Crippen LogP contribution is 2.40. The summed E-state index contributed by atoms with van der Waals surface area (Å²) in [6.45, 7) is 4.05. The Morgan fingerprint density at radius 2 is 1.97 bits per heavy atom. The van der Waals surface area contributed by atoms with Crippen molar-refractivity contribution in [1.29, 1.82) is 0 Å². The fourth-order valence-electron chi connectivity index (χ4n) is 4.18. The van der Waals surface area contributed by atoms with Crippen molar-refractivity contribution >= 4 is 5.82 Å². The van der Waals surface area contributed by atoms with Gasteiger partial charge in [0, 0.05) is 17.8 Å². The number of nitrogens with two attached hydrogens (primary N) is 1. The maximum atomic E-state index is 12.6. The summed E-state index contributed by atoms with van der Waals surface area (Å²) in [6, 6.07) is 9.71. The van der Waals surface area contributed by atoms with Crippen LogP contribution in [0.5, 0.6) is 0 Å². The molecular weight excluding hydrogens is 407 g/mol. The first-order valence-corrected chi connectivity index (χ1v) is 10.2. The lowest BCUT2D eigenvalue weighted by molar-refractivity contribution is -0.341. The van der Waals surface area contributed by atoms with Crippen LogP contribution in [0.4, 0.5) is 19.0 Å². The first kappa shape index (κ1) is 21.3. The minimum Gasteiger partial charge on any atom is -0.382 e. The third-order valence-corrected chi connectivity index (χ3v) is 5.51. The Morgan fingerprint density at radius 1 is 1.16 bits per heavy atom. The molecule has 2 atom stereocenters. The number of benzene rings is 1. The van der Waals surface area contributed by atoms with Gasteiger partial charge < -0.3 is 5.73 Å². The van der Waals surface area contributed by atoms with Gasteiger partial charge >= 0.3 is 6.36 Å². The summed E-state index contributed by atoms with van der Waals surface area (Å²) in [5.74, 6) is 0.299. The molecule has 31 heavy (non-hydrogen) atoms. The minimum absolute atomic E-state index is 0.00122. The van der Waals surface area contributed by atoms with Crippen molar-refractivity contribution in [2.24, 2.45) is 0 Å². The third-order valence-electron chi connectivity index (χ3n) is 5.51. The molecule has 2 N–H and O–H groups in total. The number of rotatable bonds is 5. The van der Waals surface area contributed by atoms with E-state index in [1.54, 1.807) is 6.20 Å². The quantitative estimate of drug-likeness (QED) is 0.590. The Balaban J connectivity index is 1.67. The maximum Gasteiger partial charge on any atom is 0.522 e. The second-order valence-electron chi connectivity index (χ2n) is 8.07. The molecule has 0 spiro atoms. The summed E-state index contributed by atoms with van der Waals surface area (Å²) in [4.78, 5) is 9.06. The van der Waals surface area contributed by atoms with E-state index in [1.807, 2.05) is 48.9 Å². The highest BCUT2D eigenvalue weighted by molar-refractivity contribution is 5.77. The molecule has 0 bridgehead atoms. The lowest BCUT2D eigenvalue weighted by Gasteiger charge is -2.16.